The topological polar surface area (TPSA) is 42.9 Å². The molecule has 3 nitrogen and oxygen atoms in total. The summed E-state index contributed by atoms with van der Waals surface area (Å²) in [6.07, 6.45) is 3.10. The fraction of sp³-hybridized carbons (Fsp3) is 0.154. The highest BCUT2D eigenvalue weighted by Gasteiger charge is 2.14. The maximum absolute atomic E-state index is 13.4. The van der Waals surface area contributed by atoms with Crippen molar-refractivity contribution in [1.29, 1.82) is 0 Å². The lowest BCUT2D eigenvalue weighted by atomic mass is 10.1. The first-order valence-corrected chi connectivity index (χ1v) is 5.70. The largest absolute Gasteiger partial charge is 0.294 e. The lowest BCUT2D eigenvalue weighted by Gasteiger charge is -2.05. The molecular formula is C13H10ClFN2O. The van der Waals surface area contributed by atoms with Crippen LogP contribution in [0.5, 0.6) is 0 Å². The van der Waals surface area contributed by atoms with E-state index < -0.39 is 5.82 Å². The SMILES string of the molecule is Cc1cc(Cl)c(C(=O)Cc2ncccn2)cc1F. The molecule has 5 heteroatoms. The van der Waals surface area contributed by atoms with Gasteiger partial charge in [-0.25, -0.2) is 14.4 Å². The number of aryl methyl sites for hydroxylation is 1. The molecule has 1 aromatic heterocycles. The molecule has 0 saturated heterocycles. The van der Waals surface area contributed by atoms with Crippen molar-refractivity contribution in [2.45, 2.75) is 13.3 Å². The highest BCUT2D eigenvalue weighted by atomic mass is 35.5. The maximum Gasteiger partial charge on any atom is 0.172 e. The zero-order valence-electron chi connectivity index (χ0n) is 9.65. The third-order valence-corrected chi connectivity index (χ3v) is 2.80. The molecule has 0 aliphatic carbocycles. The quantitative estimate of drug-likeness (QED) is 0.801. The third kappa shape index (κ3) is 2.71. The van der Waals surface area contributed by atoms with Crippen LogP contribution in [0.4, 0.5) is 4.39 Å². The number of halogens is 2. The molecule has 1 aromatic carbocycles. The second kappa shape index (κ2) is 5.23. The molecule has 0 saturated carbocycles. The number of ketones is 1. The van der Waals surface area contributed by atoms with Crippen LogP contribution < -0.4 is 0 Å². The third-order valence-electron chi connectivity index (χ3n) is 2.49. The average molecular weight is 265 g/mol. The van der Waals surface area contributed by atoms with E-state index >= 15 is 0 Å². The lowest BCUT2D eigenvalue weighted by Crippen LogP contribution is -2.08. The fourth-order valence-electron chi connectivity index (χ4n) is 1.52. The normalized spacial score (nSPS) is 10.4. The van der Waals surface area contributed by atoms with Crippen LogP contribution in [-0.2, 0) is 6.42 Å². The van der Waals surface area contributed by atoms with Gasteiger partial charge in [-0.1, -0.05) is 11.6 Å². The minimum atomic E-state index is -0.447. The van der Waals surface area contributed by atoms with Gasteiger partial charge in [0.05, 0.1) is 11.4 Å². The van der Waals surface area contributed by atoms with Gasteiger partial charge in [0.2, 0.25) is 0 Å². The second-order valence-electron chi connectivity index (χ2n) is 3.85. The molecule has 0 fully saturated rings. The Morgan fingerprint density at radius 2 is 2.00 bits per heavy atom. The molecule has 0 bridgehead atoms. The maximum atomic E-state index is 13.4. The number of hydrogen-bond donors (Lipinski definition) is 0. The predicted octanol–water partition coefficient (Wildman–Crippen LogP) is 3.00. The van der Waals surface area contributed by atoms with E-state index in [1.807, 2.05) is 0 Å². The van der Waals surface area contributed by atoms with Gasteiger partial charge in [-0.2, -0.15) is 0 Å². The predicted molar refractivity (Wildman–Crippen MR) is 66.2 cm³/mol. The number of carbonyl (C=O) groups is 1. The first kappa shape index (κ1) is 12.6. The van der Waals surface area contributed by atoms with Crippen molar-refractivity contribution in [2.24, 2.45) is 0 Å². The van der Waals surface area contributed by atoms with E-state index in [0.717, 1.165) is 6.07 Å². The van der Waals surface area contributed by atoms with Crippen LogP contribution in [0.25, 0.3) is 0 Å². The molecule has 0 aliphatic heterocycles. The molecule has 2 rings (SSSR count). The summed E-state index contributed by atoms with van der Waals surface area (Å²) in [5.41, 5.74) is 0.569. The van der Waals surface area contributed by atoms with E-state index in [0.29, 0.717) is 11.4 Å². The number of carbonyl (C=O) groups excluding carboxylic acids is 1. The molecule has 18 heavy (non-hydrogen) atoms. The molecular weight excluding hydrogens is 255 g/mol. The Balaban J connectivity index is 2.27. The molecule has 92 valence electrons. The van der Waals surface area contributed by atoms with Gasteiger partial charge < -0.3 is 0 Å². The number of Topliss-reactive ketones (excluding diaryl/α,β-unsaturated/α-hetero) is 1. The molecule has 0 N–H and O–H groups in total. The van der Waals surface area contributed by atoms with Crippen LogP contribution >= 0.6 is 11.6 Å². The minimum Gasteiger partial charge on any atom is -0.294 e. The number of benzene rings is 1. The van der Waals surface area contributed by atoms with Crippen molar-refractivity contribution < 1.29 is 9.18 Å². The average Bonchev–Trinajstić information content (AvgIpc) is 2.35. The van der Waals surface area contributed by atoms with Crippen LogP contribution in [0.2, 0.25) is 5.02 Å². The molecule has 0 unspecified atom stereocenters. The monoisotopic (exact) mass is 264 g/mol. The van der Waals surface area contributed by atoms with Crippen molar-refractivity contribution in [1.82, 2.24) is 9.97 Å². The van der Waals surface area contributed by atoms with Gasteiger partial charge in [-0.3, -0.25) is 4.79 Å². The number of nitrogens with zero attached hydrogens (tertiary/aromatic N) is 2. The zero-order valence-corrected chi connectivity index (χ0v) is 10.4. The molecule has 1 heterocycles. The first-order valence-electron chi connectivity index (χ1n) is 5.32. The van der Waals surface area contributed by atoms with Crippen molar-refractivity contribution in [3.05, 3.63) is 58.4 Å². The number of rotatable bonds is 3. The molecule has 0 atom stereocenters. The molecule has 0 spiro atoms. The van der Waals surface area contributed by atoms with Crippen LogP contribution in [0, 0.1) is 12.7 Å². The second-order valence-corrected chi connectivity index (χ2v) is 4.25. The van der Waals surface area contributed by atoms with Crippen LogP contribution in [0.15, 0.2) is 30.6 Å². The Bertz CT molecular complexity index is 587. The van der Waals surface area contributed by atoms with E-state index in [2.05, 4.69) is 9.97 Å². The summed E-state index contributed by atoms with van der Waals surface area (Å²) in [5.74, 6) is -0.360. The summed E-state index contributed by atoms with van der Waals surface area (Å²) in [6, 6.07) is 4.26. The molecule has 0 aliphatic rings. The van der Waals surface area contributed by atoms with Crippen LogP contribution in [0.1, 0.15) is 21.7 Å². The molecule has 0 amide bonds. The van der Waals surface area contributed by atoms with Crippen molar-refractivity contribution in [3.8, 4) is 0 Å². The Morgan fingerprint density at radius 1 is 1.33 bits per heavy atom. The number of hydrogen-bond acceptors (Lipinski definition) is 3. The van der Waals surface area contributed by atoms with Gasteiger partial charge in [0.25, 0.3) is 0 Å². The van der Waals surface area contributed by atoms with Crippen molar-refractivity contribution >= 4 is 17.4 Å². The summed E-state index contributed by atoms with van der Waals surface area (Å²) in [5, 5.41) is 0.245. The molecule has 0 radical (unpaired) electrons. The Kier molecular flexibility index (Phi) is 3.67. The summed E-state index contributed by atoms with van der Waals surface area (Å²) in [7, 11) is 0. The van der Waals surface area contributed by atoms with Gasteiger partial charge in [-0.05, 0) is 30.7 Å². The van der Waals surface area contributed by atoms with E-state index in [4.69, 9.17) is 11.6 Å². The highest BCUT2D eigenvalue weighted by Crippen LogP contribution is 2.21. The van der Waals surface area contributed by atoms with Crippen LogP contribution in [-0.4, -0.2) is 15.8 Å². The standard InChI is InChI=1S/C13H10ClFN2O/c1-8-5-10(14)9(6-11(8)15)12(18)7-13-16-3-2-4-17-13/h2-6H,7H2,1H3. The Hall–Kier alpha value is -1.81. The lowest BCUT2D eigenvalue weighted by molar-refractivity contribution is 0.0990. The minimum absolute atomic E-state index is 0.00304. The highest BCUT2D eigenvalue weighted by molar-refractivity contribution is 6.34. The van der Waals surface area contributed by atoms with Crippen LogP contribution in [0.3, 0.4) is 0 Å². The van der Waals surface area contributed by atoms with E-state index in [1.165, 1.54) is 6.07 Å². The zero-order chi connectivity index (χ0) is 13.1. The first-order chi connectivity index (χ1) is 8.58. The van der Waals surface area contributed by atoms with E-state index in [-0.39, 0.29) is 22.8 Å². The summed E-state index contributed by atoms with van der Waals surface area (Å²) in [6.45, 7) is 1.59. The summed E-state index contributed by atoms with van der Waals surface area (Å²) >= 11 is 5.93. The Labute approximate surface area is 109 Å². The van der Waals surface area contributed by atoms with Gasteiger partial charge in [0.15, 0.2) is 5.78 Å². The van der Waals surface area contributed by atoms with E-state index in [9.17, 15) is 9.18 Å². The van der Waals surface area contributed by atoms with E-state index in [1.54, 1.807) is 25.4 Å². The van der Waals surface area contributed by atoms with Gasteiger partial charge in [0.1, 0.15) is 11.6 Å². The van der Waals surface area contributed by atoms with Crippen molar-refractivity contribution in [2.75, 3.05) is 0 Å². The molecule has 2 aromatic rings. The summed E-state index contributed by atoms with van der Waals surface area (Å²) in [4.78, 5) is 19.9. The van der Waals surface area contributed by atoms with Gasteiger partial charge in [-0.15, -0.1) is 0 Å². The Morgan fingerprint density at radius 3 is 2.67 bits per heavy atom. The fourth-order valence-corrected chi connectivity index (χ4v) is 1.84. The smallest absolute Gasteiger partial charge is 0.172 e. The number of aromatic nitrogens is 2. The van der Waals surface area contributed by atoms with Crippen molar-refractivity contribution in [3.63, 3.8) is 0 Å². The van der Waals surface area contributed by atoms with Gasteiger partial charge in [0, 0.05) is 18.0 Å². The van der Waals surface area contributed by atoms with Gasteiger partial charge >= 0.3 is 0 Å². The summed E-state index contributed by atoms with van der Waals surface area (Å²) < 4.78 is 13.4.